The summed E-state index contributed by atoms with van der Waals surface area (Å²) in [4.78, 5) is 33.5. The van der Waals surface area contributed by atoms with Crippen molar-refractivity contribution < 1.29 is 9.18 Å². The Bertz CT molecular complexity index is 1080. The quantitative estimate of drug-likeness (QED) is 0.532. The molecule has 1 N–H and O–H groups in total. The number of thioether (sulfide) groups is 1. The summed E-state index contributed by atoms with van der Waals surface area (Å²) < 4.78 is 13.8. The number of benzene rings is 2. The summed E-state index contributed by atoms with van der Waals surface area (Å²) in [6.45, 7) is 0.635. The van der Waals surface area contributed by atoms with E-state index < -0.39 is 0 Å². The molecule has 0 saturated carbocycles. The molecule has 4 rings (SSSR count). The first-order valence-corrected chi connectivity index (χ1v) is 9.93. The molecule has 0 radical (unpaired) electrons. The van der Waals surface area contributed by atoms with Gasteiger partial charge in [0.2, 0.25) is 5.91 Å². The Labute approximate surface area is 165 Å². The summed E-state index contributed by atoms with van der Waals surface area (Å²) in [5.41, 5.74) is 2.69. The van der Waals surface area contributed by atoms with E-state index in [-0.39, 0.29) is 23.7 Å². The van der Waals surface area contributed by atoms with Crippen molar-refractivity contribution >= 4 is 23.4 Å². The van der Waals surface area contributed by atoms with Crippen LogP contribution in [0.5, 0.6) is 0 Å². The molecular formula is C21H18FN3O2S. The van der Waals surface area contributed by atoms with Crippen LogP contribution in [0.25, 0.3) is 0 Å². The summed E-state index contributed by atoms with van der Waals surface area (Å²) in [5.74, 6) is -0.0449. The second kappa shape index (κ2) is 7.98. The molecule has 1 aromatic heterocycles. The Balaban J connectivity index is 1.48. The molecule has 2 heterocycles. The topological polar surface area (TPSA) is 66.1 Å². The van der Waals surface area contributed by atoms with Gasteiger partial charge in [0, 0.05) is 24.1 Å². The van der Waals surface area contributed by atoms with Crippen LogP contribution in [0.2, 0.25) is 0 Å². The van der Waals surface area contributed by atoms with Gasteiger partial charge in [-0.05, 0) is 29.7 Å². The number of aromatic amines is 1. The fourth-order valence-corrected chi connectivity index (χ4v) is 4.13. The van der Waals surface area contributed by atoms with Crippen molar-refractivity contribution in [2.24, 2.45) is 0 Å². The molecule has 3 aromatic rings. The van der Waals surface area contributed by atoms with E-state index in [0.29, 0.717) is 28.7 Å². The third-order valence-corrected chi connectivity index (χ3v) is 5.54. The van der Waals surface area contributed by atoms with Crippen molar-refractivity contribution in [2.75, 3.05) is 11.4 Å². The first kappa shape index (κ1) is 18.4. The van der Waals surface area contributed by atoms with Gasteiger partial charge < -0.3 is 9.88 Å². The fraction of sp³-hybridized carbons (Fsp3) is 0.190. The van der Waals surface area contributed by atoms with Crippen LogP contribution >= 0.6 is 11.8 Å². The third kappa shape index (κ3) is 3.99. The number of nitrogens with one attached hydrogen (secondary N) is 1. The van der Waals surface area contributed by atoms with E-state index in [9.17, 15) is 14.0 Å². The van der Waals surface area contributed by atoms with Crippen LogP contribution in [0.15, 0.2) is 64.5 Å². The Hall–Kier alpha value is -2.93. The Morgan fingerprint density at radius 3 is 2.82 bits per heavy atom. The molecule has 7 heteroatoms. The van der Waals surface area contributed by atoms with Gasteiger partial charge in [0.05, 0.1) is 12.1 Å². The van der Waals surface area contributed by atoms with Gasteiger partial charge in [0.1, 0.15) is 5.82 Å². The minimum Gasteiger partial charge on any atom is -0.311 e. The van der Waals surface area contributed by atoms with Crippen molar-refractivity contribution in [3.8, 4) is 0 Å². The minimum absolute atomic E-state index is 0.0471. The largest absolute Gasteiger partial charge is 0.311 e. The zero-order valence-electron chi connectivity index (χ0n) is 15.0. The number of amides is 1. The highest BCUT2D eigenvalue weighted by atomic mass is 32.2. The maximum absolute atomic E-state index is 13.8. The first-order valence-electron chi connectivity index (χ1n) is 8.95. The Morgan fingerprint density at radius 1 is 1.18 bits per heavy atom. The van der Waals surface area contributed by atoms with Crippen LogP contribution in [0.4, 0.5) is 10.1 Å². The maximum Gasteiger partial charge on any atom is 0.251 e. The molecular weight excluding hydrogens is 377 g/mol. The van der Waals surface area contributed by atoms with Crippen molar-refractivity contribution in [2.45, 2.75) is 23.8 Å². The monoisotopic (exact) mass is 395 g/mol. The van der Waals surface area contributed by atoms with Crippen LogP contribution in [0, 0.1) is 5.82 Å². The van der Waals surface area contributed by atoms with Gasteiger partial charge in [-0.25, -0.2) is 9.37 Å². The normalized spacial score (nSPS) is 12.8. The highest BCUT2D eigenvalue weighted by molar-refractivity contribution is 7.98. The molecule has 1 amide bonds. The van der Waals surface area contributed by atoms with Crippen molar-refractivity contribution in [1.29, 1.82) is 0 Å². The molecule has 0 aliphatic carbocycles. The van der Waals surface area contributed by atoms with E-state index in [1.54, 1.807) is 23.1 Å². The lowest BCUT2D eigenvalue weighted by Crippen LogP contribution is -2.31. The number of H-pyrrole nitrogens is 1. The third-order valence-electron chi connectivity index (χ3n) is 4.62. The van der Waals surface area contributed by atoms with Gasteiger partial charge >= 0.3 is 0 Å². The molecule has 28 heavy (non-hydrogen) atoms. The highest BCUT2D eigenvalue weighted by Crippen LogP contribution is 2.28. The summed E-state index contributed by atoms with van der Waals surface area (Å²) >= 11 is 1.23. The summed E-state index contributed by atoms with van der Waals surface area (Å²) in [5, 5.41) is 0.375. The number of aromatic nitrogens is 2. The molecule has 0 saturated heterocycles. The van der Waals surface area contributed by atoms with Crippen molar-refractivity contribution in [1.82, 2.24) is 9.97 Å². The van der Waals surface area contributed by atoms with Crippen LogP contribution < -0.4 is 10.5 Å². The fourth-order valence-electron chi connectivity index (χ4n) is 3.25. The van der Waals surface area contributed by atoms with Crippen LogP contribution in [0.1, 0.15) is 16.8 Å². The number of anilines is 1. The smallest absolute Gasteiger partial charge is 0.251 e. The van der Waals surface area contributed by atoms with E-state index in [1.807, 2.05) is 24.3 Å². The van der Waals surface area contributed by atoms with Gasteiger partial charge in [-0.2, -0.15) is 0 Å². The molecule has 1 aliphatic heterocycles. The number of hydrogen-bond acceptors (Lipinski definition) is 4. The molecule has 142 valence electrons. The van der Waals surface area contributed by atoms with Crippen LogP contribution in [0.3, 0.4) is 0 Å². The lowest BCUT2D eigenvalue weighted by molar-refractivity contribution is -0.117. The standard InChI is InChI=1S/C21H18FN3O2S/c22-17-7-3-1-6-15(17)13-28-21-23-16(11-19(26)24-21)12-20(27)25-10-9-14-5-2-4-8-18(14)25/h1-8,11H,9-10,12-13H2,(H,23,24,26). The predicted octanol–water partition coefficient (Wildman–Crippen LogP) is 3.33. The molecule has 0 unspecified atom stereocenters. The Morgan fingerprint density at radius 2 is 1.96 bits per heavy atom. The first-order chi connectivity index (χ1) is 13.6. The van der Waals surface area contributed by atoms with Crippen LogP contribution in [-0.4, -0.2) is 22.4 Å². The predicted molar refractivity (Wildman–Crippen MR) is 107 cm³/mol. The SMILES string of the molecule is O=C(Cc1cc(=O)[nH]c(SCc2ccccc2F)n1)N1CCc2ccccc21. The van der Waals surface area contributed by atoms with E-state index in [1.165, 1.54) is 23.9 Å². The average Bonchev–Trinajstić information content (AvgIpc) is 3.11. The van der Waals surface area contributed by atoms with Gasteiger partial charge in [-0.3, -0.25) is 9.59 Å². The van der Waals surface area contributed by atoms with Crippen LogP contribution in [-0.2, 0) is 23.4 Å². The lowest BCUT2D eigenvalue weighted by atomic mass is 10.2. The zero-order chi connectivity index (χ0) is 19.5. The molecule has 0 atom stereocenters. The second-order valence-corrected chi connectivity index (χ2v) is 7.49. The summed E-state index contributed by atoms with van der Waals surface area (Å²) in [7, 11) is 0. The number of fused-ring (bicyclic) bond motifs is 1. The number of nitrogens with zero attached hydrogens (tertiary/aromatic N) is 2. The van der Waals surface area contributed by atoms with Gasteiger partial charge in [0.15, 0.2) is 5.16 Å². The molecule has 2 aromatic carbocycles. The summed E-state index contributed by atoms with van der Waals surface area (Å²) in [6.07, 6.45) is 0.875. The number of carbonyl (C=O) groups is 1. The van der Waals surface area contributed by atoms with E-state index >= 15 is 0 Å². The number of hydrogen-bond donors (Lipinski definition) is 1. The Kier molecular flexibility index (Phi) is 5.25. The number of para-hydroxylation sites is 1. The number of carbonyl (C=O) groups excluding carboxylic acids is 1. The van der Waals surface area contributed by atoms with Gasteiger partial charge in [-0.1, -0.05) is 48.2 Å². The second-order valence-electron chi connectivity index (χ2n) is 6.52. The van der Waals surface area contributed by atoms with Crippen molar-refractivity contribution in [3.63, 3.8) is 0 Å². The van der Waals surface area contributed by atoms with Gasteiger partial charge in [0.25, 0.3) is 5.56 Å². The number of rotatable bonds is 5. The van der Waals surface area contributed by atoms with E-state index in [4.69, 9.17) is 0 Å². The van der Waals surface area contributed by atoms with Crippen molar-refractivity contribution in [3.05, 3.63) is 87.6 Å². The molecule has 5 nitrogen and oxygen atoms in total. The minimum atomic E-state index is -0.323. The number of halogens is 1. The van der Waals surface area contributed by atoms with Gasteiger partial charge in [-0.15, -0.1) is 0 Å². The van der Waals surface area contributed by atoms with E-state index in [2.05, 4.69) is 9.97 Å². The molecule has 0 spiro atoms. The van der Waals surface area contributed by atoms with E-state index in [0.717, 1.165) is 17.7 Å². The molecule has 0 fully saturated rings. The highest BCUT2D eigenvalue weighted by Gasteiger charge is 2.24. The molecule has 1 aliphatic rings. The zero-order valence-corrected chi connectivity index (χ0v) is 15.8. The average molecular weight is 395 g/mol. The maximum atomic E-state index is 13.8. The lowest BCUT2D eigenvalue weighted by Gasteiger charge is -2.17. The molecule has 0 bridgehead atoms. The summed E-state index contributed by atoms with van der Waals surface area (Å²) in [6, 6.07) is 15.6.